The summed E-state index contributed by atoms with van der Waals surface area (Å²) in [6, 6.07) is 0.536. The molecule has 2 fully saturated rings. The lowest BCUT2D eigenvalue weighted by Crippen LogP contribution is -2.48. The molecule has 0 aromatic heterocycles. The molecule has 0 aromatic carbocycles. The van der Waals surface area contributed by atoms with E-state index in [2.05, 4.69) is 10.6 Å². The van der Waals surface area contributed by atoms with Crippen LogP contribution in [0.4, 0.5) is 0 Å². The molecule has 1 aliphatic heterocycles. The summed E-state index contributed by atoms with van der Waals surface area (Å²) in [5.74, 6) is 0.963. The van der Waals surface area contributed by atoms with Gasteiger partial charge in [0.2, 0.25) is 0 Å². The average molecular weight is 184 g/mol. The normalized spacial score (nSPS) is 30.0. The van der Waals surface area contributed by atoms with E-state index in [0.29, 0.717) is 6.04 Å². The summed E-state index contributed by atoms with van der Waals surface area (Å²) in [7, 11) is 0. The Labute approximate surface area is 80.2 Å². The molecule has 3 nitrogen and oxygen atoms in total. The average Bonchev–Trinajstić information content (AvgIpc) is 2.11. The van der Waals surface area contributed by atoms with E-state index in [1.807, 2.05) is 0 Å². The minimum Gasteiger partial charge on any atom is -0.378 e. The van der Waals surface area contributed by atoms with Gasteiger partial charge < -0.3 is 15.4 Å². The Kier molecular flexibility index (Phi) is 3.58. The smallest absolute Gasteiger partial charge is 0.0632 e. The van der Waals surface area contributed by atoms with Gasteiger partial charge in [-0.1, -0.05) is 6.42 Å². The van der Waals surface area contributed by atoms with Crippen molar-refractivity contribution in [2.24, 2.45) is 5.92 Å². The minimum absolute atomic E-state index is 0.536. The van der Waals surface area contributed by atoms with Crippen LogP contribution in [0.1, 0.15) is 19.3 Å². The largest absolute Gasteiger partial charge is 0.378 e. The standard InChI is InChI=1S/C10H20N2O/c1-2-9(3-1)6-11-7-10-8-13-5-4-12-10/h9-12H,1-8H2. The monoisotopic (exact) mass is 184 g/mol. The van der Waals surface area contributed by atoms with Crippen molar-refractivity contribution in [2.45, 2.75) is 25.3 Å². The molecule has 1 saturated heterocycles. The zero-order valence-electron chi connectivity index (χ0n) is 8.22. The lowest BCUT2D eigenvalue weighted by Gasteiger charge is -2.28. The highest BCUT2D eigenvalue weighted by Gasteiger charge is 2.18. The molecule has 1 heterocycles. The molecule has 1 unspecified atom stereocenters. The van der Waals surface area contributed by atoms with Crippen molar-refractivity contribution < 1.29 is 4.74 Å². The Morgan fingerprint density at radius 2 is 2.23 bits per heavy atom. The Hall–Kier alpha value is -0.120. The van der Waals surface area contributed by atoms with Gasteiger partial charge in [-0.3, -0.25) is 0 Å². The Bertz CT molecular complexity index is 142. The summed E-state index contributed by atoms with van der Waals surface area (Å²) in [5, 5.41) is 6.96. The van der Waals surface area contributed by atoms with Crippen LogP contribution < -0.4 is 10.6 Å². The van der Waals surface area contributed by atoms with E-state index in [9.17, 15) is 0 Å². The van der Waals surface area contributed by atoms with Gasteiger partial charge in [0.1, 0.15) is 0 Å². The third kappa shape index (κ3) is 2.93. The van der Waals surface area contributed by atoms with Gasteiger partial charge in [-0.25, -0.2) is 0 Å². The zero-order chi connectivity index (χ0) is 8.93. The fourth-order valence-electron chi connectivity index (χ4n) is 1.91. The van der Waals surface area contributed by atoms with Crippen LogP contribution in [0.2, 0.25) is 0 Å². The number of nitrogens with one attached hydrogen (secondary N) is 2. The van der Waals surface area contributed by atoms with Crippen LogP contribution in [0.25, 0.3) is 0 Å². The van der Waals surface area contributed by atoms with Gasteiger partial charge >= 0.3 is 0 Å². The molecule has 76 valence electrons. The Morgan fingerprint density at radius 3 is 2.85 bits per heavy atom. The quantitative estimate of drug-likeness (QED) is 0.662. The van der Waals surface area contributed by atoms with Crippen molar-refractivity contribution in [3.8, 4) is 0 Å². The van der Waals surface area contributed by atoms with Gasteiger partial charge in [0.05, 0.1) is 13.2 Å². The van der Waals surface area contributed by atoms with Crippen molar-refractivity contribution in [1.29, 1.82) is 0 Å². The second-order valence-electron chi connectivity index (χ2n) is 4.18. The topological polar surface area (TPSA) is 33.3 Å². The fraction of sp³-hybridized carbons (Fsp3) is 1.00. The molecule has 1 saturated carbocycles. The molecular formula is C10H20N2O. The van der Waals surface area contributed by atoms with Crippen molar-refractivity contribution in [3.05, 3.63) is 0 Å². The summed E-state index contributed by atoms with van der Waals surface area (Å²) >= 11 is 0. The van der Waals surface area contributed by atoms with E-state index >= 15 is 0 Å². The number of morpholine rings is 1. The molecule has 2 rings (SSSR count). The van der Waals surface area contributed by atoms with E-state index in [0.717, 1.165) is 32.2 Å². The van der Waals surface area contributed by atoms with Crippen LogP contribution in [0.5, 0.6) is 0 Å². The van der Waals surface area contributed by atoms with Gasteiger partial charge in [0.25, 0.3) is 0 Å². The summed E-state index contributed by atoms with van der Waals surface area (Å²) < 4.78 is 5.38. The van der Waals surface area contributed by atoms with E-state index in [4.69, 9.17) is 4.74 Å². The molecule has 1 atom stereocenters. The molecule has 0 spiro atoms. The second kappa shape index (κ2) is 4.94. The number of ether oxygens (including phenoxy) is 1. The van der Waals surface area contributed by atoms with Crippen LogP contribution in [-0.2, 0) is 4.74 Å². The van der Waals surface area contributed by atoms with Gasteiger partial charge in [-0.2, -0.15) is 0 Å². The molecule has 0 amide bonds. The fourth-order valence-corrected chi connectivity index (χ4v) is 1.91. The summed E-state index contributed by atoms with van der Waals surface area (Å²) in [5.41, 5.74) is 0. The highest BCUT2D eigenvalue weighted by atomic mass is 16.5. The molecule has 1 aliphatic carbocycles. The van der Waals surface area contributed by atoms with Gasteiger partial charge in [0.15, 0.2) is 0 Å². The first-order valence-corrected chi connectivity index (χ1v) is 5.47. The Morgan fingerprint density at radius 1 is 1.31 bits per heavy atom. The lowest BCUT2D eigenvalue weighted by molar-refractivity contribution is 0.0760. The molecule has 0 radical (unpaired) electrons. The first kappa shape index (κ1) is 9.44. The number of hydrogen-bond donors (Lipinski definition) is 2. The maximum atomic E-state index is 5.38. The number of hydrogen-bond acceptors (Lipinski definition) is 3. The third-order valence-corrected chi connectivity index (χ3v) is 3.05. The molecule has 3 heteroatoms. The Balaban J connectivity index is 1.50. The maximum Gasteiger partial charge on any atom is 0.0632 e. The van der Waals surface area contributed by atoms with E-state index in [1.54, 1.807) is 0 Å². The molecule has 0 bridgehead atoms. The van der Waals surface area contributed by atoms with Crippen molar-refractivity contribution in [3.63, 3.8) is 0 Å². The first-order valence-electron chi connectivity index (χ1n) is 5.47. The zero-order valence-corrected chi connectivity index (χ0v) is 8.22. The van der Waals surface area contributed by atoms with E-state index in [1.165, 1.54) is 25.8 Å². The lowest BCUT2D eigenvalue weighted by atomic mass is 9.85. The predicted molar refractivity (Wildman–Crippen MR) is 52.8 cm³/mol. The van der Waals surface area contributed by atoms with Crippen LogP contribution in [0.15, 0.2) is 0 Å². The second-order valence-corrected chi connectivity index (χ2v) is 4.18. The summed E-state index contributed by atoms with van der Waals surface area (Å²) in [6.07, 6.45) is 4.31. The van der Waals surface area contributed by atoms with Crippen LogP contribution in [0.3, 0.4) is 0 Å². The molecule has 0 aromatic rings. The molecule has 13 heavy (non-hydrogen) atoms. The third-order valence-electron chi connectivity index (χ3n) is 3.05. The minimum atomic E-state index is 0.536. The highest BCUT2D eigenvalue weighted by Crippen LogP contribution is 2.24. The van der Waals surface area contributed by atoms with Crippen LogP contribution in [0, 0.1) is 5.92 Å². The van der Waals surface area contributed by atoms with Crippen LogP contribution >= 0.6 is 0 Å². The van der Waals surface area contributed by atoms with Crippen molar-refractivity contribution in [2.75, 3.05) is 32.8 Å². The highest BCUT2D eigenvalue weighted by molar-refractivity contribution is 4.76. The molecule has 2 N–H and O–H groups in total. The van der Waals surface area contributed by atoms with Gasteiger partial charge in [-0.15, -0.1) is 0 Å². The van der Waals surface area contributed by atoms with Gasteiger partial charge in [0, 0.05) is 19.1 Å². The van der Waals surface area contributed by atoms with Crippen LogP contribution in [-0.4, -0.2) is 38.9 Å². The summed E-state index contributed by atoms with van der Waals surface area (Å²) in [6.45, 7) is 5.03. The van der Waals surface area contributed by atoms with E-state index < -0.39 is 0 Å². The first-order chi connectivity index (χ1) is 6.45. The summed E-state index contributed by atoms with van der Waals surface area (Å²) in [4.78, 5) is 0. The van der Waals surface area contributed by atoms with E-state index in [-0.39, 0.29) is 0 Å². The molecular weight excluding hydrogens is 164 g/mol. The molecule has 2 aliphatic rings. The van der Waals surface area contributed by atoms with Crippen molar-refractivity contribution in [1.82, 2.24) is 10.6 Å². The predicted octanol–water partition coefficient (Wildman–Crippen LogP) is 0.364. The van der Waals surface area contributed by atoms with Gasteiger partial charge in [-0.05, 0) is 25.3 Å². The maximum absolute atomic E-state index is 5.38. The number of rotatable bonds is 4. The SMILES string of the molecule is C1CC(CNCC2COCCN2)C1. The van der Waals surface area contributed by atoms with Crippen molar-refractivity contribution >= 4 is 0 Å².